The highest BCUT2D eigenvalue weighted by Crippen LogP contribution is 2.37. The quantitative estimate of drug-likeness (QED) is 0.0623. The Balaban J connectivity index is 1.12. The van der Waals surface area contributed by atoms with E-state index in [1.807, 2.05) is 0 Å². The minimum Gasteiger partial charge on any atom is -0.508 e. The van der Waals surface area contributed by atoms with E-state index < -0.39 is 96.7 Å². The molecule has 6 rings (SSSR count). The number of rotatable bonds is 9. The van der Waals surface area contributed by atoms with Gasteiger partial charge in [-0.15, -0.1) is 0 Å². The third-order valence-electron chi connectivity index (χ3n) is 8.84. The fourth-order valence-electron chi connectivity index (χ4n) is 5.91. The Morgan fingerprint density at radius 3 is 2.19 bits per heavy atom. The highest BCUT2D eigenvalue weighted by atomic mass is 16.7. The van der Waals surface area contributed by atoms with Crippen molar-refractivity contribution in [2.45, 2.75) is 68.3 Å². The van der Waals surface area contributed by atoms with E-state index in [2.05, 4.69) is 0 Å². The number of aliphatic hydroxyl groups is 5. The normalized spacial score (nSPS) is 28.6. The van der Waals surface area contributed by atoms with Gasteiger partial charge in [0.15, 0.2) is 23.5 Å². The van der Waals surface area contributed by atoms with Gasteiger partial charge < -0.3 is 79.2 Å². The summed E-state index contributed by atoms with van der Waals surface area (Å²) in [5.41, 5.74) is -0.608. The average molecular weight is 757 g/mol. The summed E-state index contributed by atoms with van der Waals surface area (Å²) < 4.78 is 33.6. The van der Waals surface area contributed by atoms with Crippen LogP contribution in [0.15, 0.2) is 69.9 Å². The fourth-order valence-corrected chi connectivity index (χ4v) is 5.91. The molecule has 10 atom stereocenters. The number of phenols is 4. The van der Waals surface area contributed by atoms with Crippen LogP contribution in [0.4, 0.5) is 0 Å². The van der Waals surface area contributed by atoms with Crippen LogP contribution in [0.3, 0.4) is 0 Å². The maximum atomic E-state index is 12.9. The van der Waals surface area contributed by atoms with Gasteiger partial charge in [-0.25, -0.2) is 4.79 Å². The van der Waals surface area contributed by atoms with Crippen LogP contribution in [0.1, 0.15) is 12.5 Å². The molecule has 2 aliphatic rings. The summed E-state index contributed by atoms with van der Waals surface area (Å²) in [4.78, 5) is 25.2. The Kier molecular flexibility index (Phi) is 11.0. The largest absolute Gasteiger partial charge is 0.508 e. The van der Waals surface area contributed by atoms with Crippen molar-refractivity contribution >= 4 is 23.0 Å². The average Bonchev–Trinajstić information content (AvgIpc) is 3.13. The van der Waals surface area contributed by atoms with Gasteiger partial charge in [0.2, 0.25) is 17.5 Å². The van der Waals surface area contributed by atoms with Crippen LogP contribution in [0.25, 0.3) is 28.4 Å². The fraction of sp³-hybridized carbons (Fsp3) is 0.333. The van der Waals surface area contributed by atoms with Crippen molar-refractivity contribution in [2.75, 3.05) is 6.61 Å². The predicted molar refractivity (Wildman–Crippen MR) is 181 cm³/mol. The molecule has 10 unspecified atom stereocenters. The second-order valence-electron chi connectivity index (χ2n) is 12.6. The molecule has 0 amide bonds. The summed E-state index contributed by atoms with van der Waals surface area (Å²) >= 11 is 0. The molecule has 2 saturated heterocycles. The Labute approximate surface area is 304 Å². The molecular formula is C36H36O18. The lowest BCUT2D eigenvalue weighted by Crippen LogP contribution is -2.64. The number of aromatic hydroxyl groups is 5. The number of esters is 1. The minimum absolute atomic E-state index is 0.0765. The van der Waals surface area contributed by atoms with E-state index in [9.17, 15) is 60.7 Å². The Hall–Kier alpha value is -5.44. The summed E-state index contributed by atoms with van der Waals surface area (Å²) in [7, 11) is 0. The first-order valence-electron chi connectivity index (χ1n) is 16.3. The second-order valence-corrected chi connectivity index (χ2v) is 12.6. The Morgan fingerprint density at radius 1 is 0.778 bits per heavy atom. The van der Waals surface area contributed by atoms with Crippen molar-refractivity contribution in [3.8, 4) is 45.8 Å². The zero-order valence-corrected chi connectivity index (χ0v) is 28.1. The number of aliphatic hydroxyl groups excluding tert-OH is 5. The zero-order valence-electron chi connectivity index (χ0n) is 28.1. The van der Waals surface area contributed by atoms with Gasteiger partial charge in [0.05, 0.1) is 6.10 Å². The first kappa shape index (κ1) is 38.3. The lowest BCUT2D eigenvalue weighted by Gasteiger charge is -2.45. The first-order valence-corrected chi connectivity index (χ1v) is 16.3. The van der Waals surface area contributed by atoms with Gasteiger partial charge in [0.25, 0.3) is 0 Å². The minimum atomic E-state index is -1.87. The molecular weight excluding hydrogens is 720 g/mol. The van der Waals surface area contributed by atoms with E-state index in [0.29, 0.717) is 5.56 Å². The molecule has 0 radical (unpaired) electrons. The van der Waals surface area contributed by atoms with Crippen molar-refractivity contribution in [1.29, 1.82) is 0 Å². The predicted octanol–water partition coefficient (Wildman–Crippen LogP) is 0.283. The lowest BCUT2D eigenvalue weighted by molar-refractivity contribution is -0.349. The van der Waals surface area contributed by atoms with Gasteiger partial charge in [-0.3, -0.25) is 4.79 Å². The molecule has 4 aromatic rings. The van der Waals surface area contributed by atoms with E-state index >= 15 is 0 Å². The summed E-state index contributed by atoms with van der Waals surface area (Å²) in [6.07, 6.45) is -14.2. The monoisotopic (exact) mass is 756 g/mol. The third-order valence-corrected chi connectivity index (χ3v) is 8.84. The van der Waals surface area contributed by atoms with E-state index in [1.54, 1.807) is 0 Å². The SMILES string of the molecule is CC1OC(Oc2cc(O)c3c(=O)c(O)c(-c4ccc(O)cc4)oc3c2)C(O)C(O)C1OC1OC(COC(=O)C=Cc2ccc(O)c(O)c2)C(O)C(O)C1O. The standard InChI is InChI=1S/C36H36O18/c1-14-33(54-36-31(47)28(44)26(42)23(53-36)13-49-24(41)9-3-15-2-8-19(38)20(39)10-15)30(46)32(48)35(50-14)51-18-11-21(40)25-22(12-18)52-34(29(45)27(25)43)16-4-6-17(37)7-5-16/h2-12,14,23,26,28,30-33,35-40,42,44-48H,13H2,1H3. The Bertz CT molecular complexity index is 2080. The topological polar surface area (TPSA) is 296 Å². The lowest BCUT2D eigenvalue weighted by atomic mass is 9.97. The zero-order chi connectivity index (χ0) is 39.0. The maximum absolute atomic E-state index is 12.9. The van der Waals surface area contributed by atoms with Crippen molar-refractivity contribution in [3.63, 3.8) is 0 Å². The van der Waals surface area contributed by atoms with E-state index in [-0.39, 0.29) is 39.5 Å². The van der Waals surface area contributed by atoms with Crippen LogP contribution >= 0.6 is 0 Å². The highest BCUT2D eigenvalue weighted by Gasteiger charge is 2.50. The van der Waals surface area contributed by atoms with Crippen LogP contribution in [0.5, 0.6) is 34.5 Å². The van der Waals surface area contributed by atoms with E-state index in [1.165, 1.54) is 61.5 Å². The second kappa shape index (κ2) is 15.5. The highest BCUT2D eigenvalue weighted by molar-refractivity contribution is 5.88. The first-order chi connectivity index (χ1) is 25.6. The third kappa shape index (κ3) is 7.77. The molecule has 1 aromatic heterocycles. The molecule has 2 fully saturated rings. The summed E-state index contributed by atoms with van der Waals surface area (Å²) in [5, 5.41) is 103. The van der Waals surface area contributed by atoms with Crippen molar-refractivity contribution < 1.29 is 84.0 Å². The molecule has 18 heteroatoms. The van der Waals surface area contributed by atoms with Crippen LogP contribution < -0.4 is 10.2 Å². The summed E-state index contributed by atoms with van der Waals surface area (Å²) in [6, 6.07) is 11.4. The number of carbonyl (C=O) groups excluding carboxylic acids is 1. The maximum Gasteiger partial charge on any atom is 0.330 e. The number of benzene rings is 3. The van der Waals surface area contributed by atoms with Gasteiger partial charge >= 0.3 is 5.97 Å². The molecule has 54 heavy (non-hydrogen) atoms. The summed E-state index contributed by atoms with van der Waals surface area (Å²) in [5.74, 6) is -3.66. The van der Waals surface area contributed by atoms with Crippen molar-refractivity contribution in [3.05, 3.63) is 76.5 Å². The van der Waals surface area contributed by atoms with Crippen molar-refractivity contribution in [1.82, 2.24) is 0 Å². The molecule has 288 valence electrons. The van der Waals surface area contributed by atoms with Crippen molar-refractivity contribution in [2.24, 2.45) is 0 Å². The smallest absolute Gasteiger partial charge is 0.330 e. The van der Waals surface area contributed by atoms with Gasteiger partial charge in [-0.2, -0.15) is 0 Å². The summed E-state index contributed by atoms with van der Waals surface area (Å²) in [6.45, 7) is 0.793. The van der Waals surface area contributed by atoms with Crippen LogP contribution in [-0.4, -0.2) is 125 Å². The molecule has 0 saturated carbocycles. The molecule has 0 bridgehead atoms. The molecule has 0 aliphatic carbocycles. The van der Waals surface area contributed by atoms with Crippen LogP contribution in [-0.2, 0) is 23.7 Å². The van der Waals surface area contributed by atoms with Crippen LogP contribution in [0, 0.1) is 0 Å². The Morgan fingerprint density at radius 2 is 1.48 bits per heavy atom. The van der Waals surface area contributed by atoms with Gasteiger partial charge in [0.1, 0.15) is 77.6 Å². The molecule has 3 aromatic carbocycles. The van der Waals surface area contributed by atoms with Gasteiger partial charge in [0, 0.05) is 23.8 Å². The number of hydrogen-bond acceptors (Lipinski definition) is 18. The number of ether oxygens (including phenoxy) is 5. The molecule has 2 aliphatic heterocycles. The van der Waals surface area contributed by atoms with Gasteiger partial charge in [-0.1, -0.05) is 6.07 Å². The molecule has 10 N–H and O–H groups in total. The molecule has 18 nitrogen and oxygen atoms in total. The molecule has 0 spiro atoms. The number of phenolic OH excluding ortho intramolecular Hbond substituents is 4. The van der Waals surface area contributed by atoms with Gasteiger partial charge in [-0.05, 0) is 55.0 Å². The number of hydrogen-bond donors (Lipinski definition) is 10. The number of carbonyl (C=O) groups is 1. The molecule has 3 heterocycles. The van der Waals surface area contributed by atoms with E-state index in [4.69, 9.17) is 28.1 Å². The number of fused-ring (bicyclic) bond motifs is 1. The van der Waals surface area contributed by atoms with E-state index in [0.717, 1.165) is 12.1 Å². The van der Waals surface area contributed by atoms with Crippen LogP contribution in [0.2, 0.25) is 0 Å².